The summed E-state index contributed by atoms with van der Waals surface area (Å²) in [4.78, 5) is 0. The van der Waals surface area contributed by atoms with Crippen molar-refractivity contribution in [3.05, 3.63) is 59.2 Å². The number of fused-ring (bicyclic) bond motifs is 1. The molecule has 2 nitrogen and oxygen atoms in total. The Balaban J connectivity index is 1.63. The number of hydrogen-bond acceptors (Lipinski definition) is 2. The molecular formula is C18H21NO. The van der Waals surface area contributed by atoms with E-state index >= 15 is 0 Å². The van der Waals surface area contributed by atoms with Crippen molar-refractivity contribution in [3.8, 4) is 5.75 Å². The van der Waals surface area contributed by atoms with Crippen molar-refractivity contribution in [3.63, 3.8) is 0 Å². The van der Waals surface area contributed by atoms with E-state index in [1.54, 1.807) is 12.1 Å². The SMILES string of the molecule is CC(Cc1ccc(O)cc1)Nc1ccc2c(c1)CCC2. The molecule has 2 aromatic carbocycles. The Morgan fingerprint density at radius 1 is 1.05 bits per heavy atom. The molecule has 2 N–H and O–H groups in total. The molecule has 0 amide bonds. The third kappa shape index (κ3) is 2.96. The lowest BCUT2D eigenvalue weighted by atomic mass is 10.1. The van der Waals surface area contributed by atoms with Crippen LogP contribution in [-0.4, -0.2) is 11.1 Å². The largest absolute Gasteiger partial charge is 0.508 e. The molecule has 0 aromatic heterocycles. The van der Waals surface area contributed by atoms with E-state index in [4.69, 9.17) is 0 Å². The Kier molecular flexibility index (Phi) is 3.64. The Bertz CT molecular complexity index is 589. The monoisotopic (exact) mass is 267 g/mol. The van der Waals surface area contributed by atoms with Gasteiger partial charge >= 0.3 is 0 Å². The standard InChI is InChI=1S/C18H21NO/c1-13(11-14-5-9-18(20)10-6-14)19-17-8-7-15-3-2-4-16(15)12-17/h5-10,12-13,19-20H,2-4,11H2,1H3. The van der Waals surface area contributed by atoms with E-state index in [9.17, 15) is 5.11 Å². The molecule has 20 heavy (non-hydrogen) atoms. The summed E-state index contributed by atoms with van der Waals surface area (Å²) in [5.41, 5.74) is 5.48. The van der Waals surface area contributed by atoms with Gasteiger partial charge in [0.15, 0.2) is 0 Å². The Morgan fingerprint density at radius 3 is 2.60 bits per heavy atom. The van der Waals surface area contributed by atoms with Crippen LogP contribution in [0.1, 0.15) is 30.0 Å². The van der Waals surface area contributed by atoms with Gasteiger partial charge in [0, 0.05) is 11.7 Å². The summed E-state index contributed by atoms with van der Waals surface area (Å²) in [6, 6.07) is 14.6. The second kappa shape index (κ2) is 5.58. The van der Waals surface area contributed by atoms with Gasteiger partial charge in [-0.2, -0.15) is 0 Å². The molecule has 1 aliphatic carbocycles. The van der Waals surface area contributed by atoms with Gasteiger partial charge in [-0.25, -0.2) is 0 Å². The van der Waals surface area contributed by atoms with Crippen molar-refractivity contribution in [1.29, 1.82) is 0 Å². The Hall–Kier alpha value is -1.96. The maximum atomic E-state index is 9.30. The van der Waals surface area contributed by atoms with Crippen LogP contribution in [0.15, 0.2) is 42.5 Å². The quantitative estimate of drug-likeness (QED) is 0.880. The molecule has 0 radical (unpaired) electrons. The van der Waals surface area contributed by atoms with Crippen molar-refractivity contribution >= 4 is 5.69 Å². The topological polar surface area (TPSA) is 32.3 Å². The maximum Gasteiger partial charge on any atom is 0.115 e. The number of hydrogen-bond donors (Lipinski definition) is 2. The predicted molar refractivity (Wildman–Crippen MR) is 83.4 cm³/mol. The molecule has 1 unspecified atom stereocenters. The van der Waals surface area contributed by atoms with Gasteiger partial charge in [0.05, 0.1) is 0 Å². The van der Waals surface area contributed by atoms with Crippen LogP contribution in [0.5, 0.6) is 5.75 Å². The van der Waals surface area contributed by atoms with E-state index in [1.807, 2.05) is 12.1 Å². The molecule has 2 aromatic rings. The average Bonchev–Trinajstić information content (AvgIpc) is 2.89. The lowest BCUT2D eigenvalue weighted by Gasteiger charge is -2.16. The number of nitrogens with one attached hydrogen (secondary N) is 1. The minimum atomic E-state index is 0.327. The van der Waals surface area contributed by atoms with E-state index < -0.39 is 0 Å². The number of phenolic OH excluding ortho intramolecular Hbond substituents is 1. The van der Waals surface area contributed by atoms with Crippen LogP contribution in [0.4, 0.5) is 5.69 Å². The highest BCUT2D eigenvalue weighted by Crippen LogP contribution is 2.25. The van der Waals surface area contributed by atoms with Crippen molar-refractivity contribution < 1.29 is 5.11 Å². The van der Waals surface area contributed by atoms with Gasteiger partial charge in [-0.1, -0.05) is 18.2 Å². The van der Waals surface area contributed by atoms with Crippen molar-refractivity contribution in [2.45, 2.75) is 38.6 Å². The number of anilines is 1. The van der Waals surface area contributed by atoms with E-state index in [2.05, 4.69) is 30.4 Å². The average molecular weight is 267 g/mol. The second-order valence-corrected chi connectivity index (χ2v) is 5.75. The molecule has 1 aliphatic rings. The lowest BCUT2D eigenvalue weighted by molar-refractivity contribution is 0.475. The van der Waals surface area contributed by atoms with Crippen LogP contribution >= 0.6 is 0 Å². The zero-order chi connectivity index (χ0) is 13.9. The van der Waals surface area contributed by atoms with E-state index in [-0.39, 0.29) is 0 Å². The molecule has 1 atom stereocenters. The predicted octanol–water partition coefficient (Wildman–Crippen LogP) is 3.92. The molecule has 0 aliphatic heterocycles. The fraction of sp³-hybridized carbons (Fsp3) is 0.333. The zero-order valence-corrected chi connectivity index (χ0v) is 11.9. The van der Waals surface area contributed by atoms with Crippen LogP contribution < -0.4 is 5.32 Å². The minimum Gasteiger partial charge on any atom is -0.508 e. The van der Waals surface area contributed by atoms with Gasteiger partial charge in [0.25, 0.3) is 0 Å². The molecule has 0 saturated carbocycles. The smallest absolute Gasteiger partial charge is 0.115 e. The molecule has 104 valence electrons. The van der Waals surface area contributed by atoms with E-state index in [0.717, 1.165) is 6.42 Å². The maximum absolute atomic E-state index is 9.30. The summed E-state index contributed by atoms with van der Waals surface area (Å²) >= 11 is 0. The highest BCUT2D eigenvalue weighted by molar-refractivity contribution is 5.50. The van der Waals surface area contributed by atoms with Crippen molar-refractivity contribution in [1.82, 2.24) is 0 Å². The molecule has 0 fully saturated rings. The van der Waals surface area contributed by atoms with Crippen molar-refractivity contribution in [2.75, 3.05) is 5.32 Å². The number of phenols is 1. The molecule has 0 spiro atoms. The summed E-state index contributed by atoms with van der Waals surface area (Å²) in [6.45, 7) is 2.19. The van der Waals surface area contributed by atoms with Crippen LogP contribution in [0.3, 0.4) is 0 Å². The number of benzene rings is 2. The number of aromatic hydroxyl groups is 1. The summed E-state index contributed by atoms with van der Waals surface area (Å²) < 4.78 is 0. The number of rotatable bonds is 4. The first-order valence-corrected chi connectivity index (χ1v) is 7.37. The fourth-order valence-electron chi connectivity index (χ4n) is 2.98. The summed E-state index contributed by atoms with van der Waals surface area (Å²) in [7, 11) is 0. The van der Waals surface area contributed by atoms with E-state index in [0.29, 0.717) is 11.8 Å². The second-order valence-electron chi connectivity index (χ2n) is 5.75. The lowest BCUT2D eigenvalue weighted by Crippen LogP contribution is -2.18. The first-order valence-electron chi connectivity index (χ1n) is 7.37. The van der Waals surface area contributed by atoms with Crippen LogP contribution in [0.25, 0.3) is 0 Å². The van der Waals surface area contributed by atoms with Gasteiger partial charge in [0.2, 0.25) is 0 Å². The summed E-state index contributed by atoms with van der Waals surface area (Å²) in [5.74, 6) is 0.327. The molecule has 0 saturated heterocycles. The van der Waals surface area contributed by atoms with Gasteiger partial charge in [-0.05, 0) is 73.6 Å². The van der Waals surface area contributed by atoms with E-state index in [1.165, 1.54) is 41.6 Å². The molecule has 3 rings (SSSR count). The Labute approximate surface area is 120 Å². The summed E-state index contributed by atoms with van der Waals surface area (Å²) in [5, 5.41) is 12.9. The van der Waals surface area contributed by atoms with Crippen LogP contribution in [0.2, 0.25) is 0 Å². The zero-order valence-electron chi connectivity index (χ0n) is 11.9. The van der Waals surface area contributed by atoms with Crippen LogP contribution in [-0.2, 0) is 19.3 Å². The third-order valence-corrected chi connectivity index (χ3v) is 3.99. The van der Waals surface area contributed by atoms with Gasteiger partial charge < -0.3 is 10.4 Å². The minimum absolute atomic E-state index is 0.327. The van der Waals surface area contributed by atoms with Crippen LogP contribution in [0, 0.1) is 0 Å². The Morgan fingerprint density at radius 2 is 1.80 bits per heavy atom. The van der Waals surface area contributed by atoms with Crippen molar-refractivity contribution in [2.24, 2.45) is 0 Å². The van der Waals surface area contributed by atoms with Gasteiger partial charge in [-0.3, -0.25) is 0 Å². The molecule has 0 bridgehead atoms. The number of aryl methyl sites for hydroxylation is 2. The van der Waals surface area contributed by atoms with Gasteiger partial charge in [0.1, 0.15) is 5.75 Å². The third-order valence-electron chi connectivity index (χ3n) is 3.99. The first-order chi connectivity index (χ1) is 9.70. The first kappa shape index (κ1) is 13.0. The molecular weight excluding hydrogens is 246 g/mol. The highest BCUT2D eigenvalue weighted by Gasteiger charge is 2.11. The van der Waals surface area contributed by atoms with Gasteiger partial charge in [-0.15, -0.1) is 0 Å². The normalized spacial score (nSPS) is 14.8. The summed E-state index contributed by atoms with van der Waals surface area (Å²) in [6.07, 6.45) is 4.70. The fourth-order valence-corrected chi connectivity index (χ4v) is 2.98. The molecule has 0 heterocycles. The highest BCUT2D eigenvalue weighted by atomic mass is 16.3. The molecule has 2 heteroatoms.